The summed E-state index contributed by atoms with van der Waals surface area (Å²) in [5.74, 6) is -0.288. The van der Waals surface area contributed by atoms with Gasteiger partial charge in [0.1, 0.15) is 0 Å². The van der Waals surface area contributed by atoms with E-state index in [1.807, 2.05) is 36.4 Å². The van der Waals surface area contributed by atoms with Gasteiger partial charge in [0, 0.05) is 12.3 Å². The van der Waals surface area contributed by atoms with Crippen LogP contribution < -0.4 is 10.5 Å². The SMILES string of the molecule is O=C(c1cc2ccccc2c(=O)o1)N(c1ccccc1)[C@H]1CCOC1. The van der Waals surface area contributed by atoms with Crippen molar-refractivity contribution in [3.05, 3.63) is 76.8 Å². The number of benzene rings is 2. The van der Waals surface area contributed by atoms with Gasteiger partial charge in [-0.25, -0.2) is 4.79 Å². The van der Waals surface area contributed by atoms with Gasteiger partial charge in [-0.3, -0.25) is 4.79 Å². The van der Waals surface area contributed by atoms with Crippen LogP contribution in [0.5, 0.6) is 0 Å². The van der Waals surface area contributed by atoms with Gasteiger partial charge in [0.25, 0.3) is 5.91 Å². The smallest absolute Gasteiger partial charge is 0.344 e. The van der Waals surface area contributed by atoms with E-state index in [0.717, 1.165) is 12.1 Å². The van der Waals surface area contributed by atoms with E-state index >= 15 is 0 Å². The summed E-state index contributed by atoms with van der Waals surface area (Å²) < 4.78 is 10.8. The third kappa shape index (κ3) is 2.94. The Bertz CT molecular complexity index is 958. The number of fused-ring (bicyclic) bond motifs is 1. The highest BCUT2D eigenvalue weighted by molar-refractivity contribution is 6.06. The van der Waals surface area contributed by atoms with Crippen LogP contribution in [0.25, 0.3) is 10.8 Å². The number of carbonyl (C=O) groups excluding carboxylic acids is 1. The molecule has 0 aliphatic carbocycles. The molecule has 3 aromatic rings. The number of rotatable bonds is 3. The predicted molar refractivity (Wildman–Crippen MR) is 95.0 cm³/mol. The highest BCUT2D eigenvalue weighted by Gasteiger charge is 2.31. The normalized spacial score (nSPS) is 16.9. The van der Waals surface area contributed by atoms with Gasteiger partial charge in [-0.05, 0) is 36.1 Å². The van der Waals surface area contributed by atoms with Crippen LogP contribution in [0.3, 0.4) is 0 Å². The van der Waals surface area contributed by atoms with Crippen molar-refractivity contribution in [1.82, 2.24) is 0 Å². The van der Waals surface area contributed by atoms with Crippen molar-refractivity contribution in [3.8, 4) is 0 Å². The Hall–Kier alpha value is -2.92. The number of hydrogen-bond acceptors (Lipinski definition) is 4. The minimum absolute atomic E-state index is 0.0412. The number of nitrogens with zero attached hydrogens (tertiary/aromatic N) is 1. The molecule has 1 amide bonds. The zero-order valence-electron chi connectivity index (χ0n) is 13.6. The van der Waals surface area contributed by atoms with Crippen LogP contribution in [-0.2, 0) is 4.74 Å². The second-order valence-corrected chi connectivity index (χ2v) is 6.01. The number of carbonyl (C=O) groups is 1. The maximum absolute atomic E-state index is 13.2. The maximum atomic E-state index is 13.2. The van der Waals surface area contributed by atoms with Crippen LogP contribution in [0.4, 0.5) is 5.69 Å². The Morgan fingerprint density at radius 2 is 1.80 bits per heavy atom. The van der Waals surface area contributed by atoms with E-state index in [0.29, 0.717) is 24.0 Å². The molecule has 0 N–H and O–H groups in total. The molecule has 0 spiro atoms. The van der Waals surface area contributed by atoms with E-state index in [1.165, 1.54) is 0 Å². The number of ether oxygens (including phenoxy) is 1. The van der Waals surface area contributed by atoms with Gasteiger partial charge in [0.05, 0.1) is 18.0 Å². The molecule has 0 saturated carbocycles. The van der Waals surface area contributed by atoms with Crippen LogP contribution in [0.2, 0.25) is 0 Å². The first-order chi connectivity index (χ1) is 12.2. The predicted octanol–water partition coefficient (Wildman–Crippen LogP) is 3.23. The lowest BCUT2D eigenvalue weighted by molar-refractivity contribution is 0.0941. The van der Waals surface area contributed by atoms with Crippen molar-refractivity contribution < 1.29 is 13.9 Å². The van der Waals surface area contributed by atoms with Gasteiger partial charge in [-0.2, -0.15) is 0 Å². The van der Waals surface area contributed by atoms with E-state index in [1.54, 1.807) is 29.2 Å². The summed E-state index contributed by atoms with van der Waals surface area (Å²) in [4.78, 5) is 27.1. The monoisotopic (exact) mass is 335 g/mol. The van der Waals surface area contributed by atoms with E-state index in [2.05, 4.69) is 0 Å². The second-order valence-electron chi connectivity index (χ2n) is 6.01. The fourth-order valence-corrected chi connectivity index (χ4v) is 3.17. The quantitative estimate of drug-likeness (QED) is 0.737. The van der Waals surface area contributed by atoms with Crippen LogP contribution >= 0.6 is 0 Å². The van der Waals surface area contributed by atoms with Crippen molar-refractivity contribution in [2.75, 3.05) is 18.1 Å². The largest absolute Gasteiger partial charge is 0.417 e. The Balaban J connectivity index is 1.79. The summed E-state index contributed by atoms with van der Waals surface area (Å²) in [6.45, 7) is 1.08. The summed E-state index contributed by atoms with van der Waals surface area (Å²) in [5.41, 5.74) is 0.260. The van der Waals surface area contributed by atoms with E-state index in [4.69, 9.17) is 9.15 Å². The molecule has 0 bridgehead atoms. The molecule has 0 radical (unpaired) electrons. The number of para-hydroxylation sites is 1. The standard InChI is InChI=1S/C20H17NO4/c22-19(18-12-14-6-4-5-9-17(14)20(23)25-18)21(16-10-11-24-13-16)15-7-2-1-3-8-15/h1-9,12,16H,10-11,13H2/t16-/m0/s1. The summed E-state index contributed by atoms with van der Waals surface area (Å²) in [6, 6.07) is 18.0. The van der Waals surface area contributed by atoms with E-state index < -0.39 is 5.63 Å². The average molecular weight is 335 g/mol. The molecule has 1 aliphatic heterocycles. The lowest BCUT2D eigenvalue weighted by atomic mass is 10.1. The molecule has 2 aromatic carbocycles. The lowest BCUT2D eigenvalue weighted by Gasteiger charge is -2.27. The van der Waals surface area contributed by atoms with Crippen LogP contribution in [0.15, 0.2) is 69.9 Å². The van der Waals surface area contributed by atoms with Crippen LogP contribution in [0.1, 0.15) is 17.0 Å². The first-order valence-corrected chi connectivity index (χ1v) is 8.23. The molecule has 25 heavy (non-hydrogen) atoms. The summed E-state index contributed by atoms with van der Waals surface area (Å²) in [6.07, 6.45) is 0.748. The first kappa shape index (κ1) is 15.6. The van der Waals surface area contributed by atoms with E-state index in [9.17, 15) is 9.59 Å². The maximum Gasteiger partial charge on any atom is 0.344 e. The molecule has 1 fully saturated rings. The summed E-state index contributed by atoms with van der Waals surface area (Å²) >= 11 is 0. The fourth-order valence-electron chi connectivity index (χ4n) is 3.17. The van der Waals surface area contributed by atoms with Gasteiger partial charge < -0.3 is 14.1 Å². The molecule has 2 heterocycles. The molecular formula is C20H17NO4. The van der Waals surface area contributed by atoms with Crippen molar-refractivity contribution in [3.63, 3.8) is 0 Å². The minimum Gasteiger partial charge on any atom is -0.417 e. The van der Waals surface area contributed by atoms with Crippen LogP contribution in [-0.4, -0.2) is 25.2 Å². The molecule has 126 valence electrons. The zero-order valence-corrected chi connectivity index (χ0v) is 13.6. The Morgan fingerprint density at radius 1 is 1.04 bits per heavy atom. The van der Waals surface area contributed by atoms with Crippen molar-refractivity contribution in [2.24, 2.45) is 0 Å². The lowest BCUT2D eigenvalue weighted by Crippen LogP contribution is -2.41. The Kier molecular flexibility index (Phi) is 4.07. The summed E-state index contributed by atoms with van der Waals surface area (Å²) in [7, 11) is 0. The van der Waals surface area contributed by atoms with Crippen LogP contribution in [0, 0.1) is 0 Å². The second kappa shape index (κ2) is 6.53. The molecule has 1 aromatic heterocycles. The number of hydrogen-bond donors (Lipinski definition) is 0. The third-order valence-electron chi connectivity index (χ3n) is 4.40. The van der Waals surface area contributed by atoms with Gasteiger partial charge in [-0.15, -0.1) is 0 Å². The molecule has 5 nitrogen and oxygen atoms in total. The van der Waals surface area contributed by atoms with E-state index in [-0.39, 0.29) is 17.7 Å². The fraction of sp³-hybridized carbons (Fsp3) is 0.200. The molecule has 1 aliphatic rings. The Labute approximate surface area is 144 Å². The third-order valence-corrected chi connectivity index (χ3v) is 4.40. The average Bonchev–Trinajstić information content (AvgIpc) is 3.17. The molecule has 1 saturated heterocycles. The minimum atomic E-state index is -0.503. The summed E-state index contributed by atoms with van der Waals surface area (Å²) in [5, 5.41) is 1.16. The van der Waals surface area contributed by atoms with Gasteiger partial charge >= 0.3 is 5.63 Å². The zero-order chi connectivity index (χ0) is 17.2. The Morgan fingerprint density at radius 3 is 2.56 bits per heavy atom. The molecule has 1 atom stereocenters. The van der Waals surface area contributed by atoms with Crippen molar-refractivity contribution in [1.29, 1.82) is 0 Å². The van der Waals surface area contributed by atoms with Gasteiger partial charge in [0.2, 0.25) is 0 Å². The number of anilines is 1. The number of amides is 1. The highest BCUT2D eigenvalue weighted by atomic mass is 16.5. The topological polar surface area (TPSA) is 59.8 Å². The van der Waals surface area contributed by atoms with Gasteiger partial charge in [-0.1, -0.05) is 36.4 Å². The molecule has 5 heteroatoms. The van der Waals surface area contributed by atoms with Gasteiger partial charge in [0.15, 0.2) is 5.76 Å². The van der Waals surface area contributed by atoms with Crippen molar-refractivity contribution in [2.45, 2.75) is 12.5 Å². The van der Waals surface area contributed by atoms with Crippen molar-refractivity contribution >= 4 is 22.4 Å². The molecular weight excluding hydrogens is 318 g/mol. The molecule has 0 unspecified atom stereocenters. The first-order valence-electron chi connectivity index (χ1n) is 8.23. The molecule has 4 rings (SSSR count). The highest BCUT2D eigenvalue weighted by Crippen LogP contribution is 2.24.